The maximum atomic E-state index is 10.4. The number of aromatic nitrogens is 2. The third-order valence-corrected chi connectivity index (χ3v) is 2.79. The molecule has 2 rings (SSSR count). The Kier molecular flexibility index (Phi) is 3.15. The van der Waals surface area contributed by atoms with Crippen LogP contribution in [0.25, 0.3) is 0 Å². The maximum Gasteiger partial charge on any atom is 0.162 e. The predicted octanol–water partition coefficient (Wildman–Crippen LogP) is 1.82. The minimum Gasteiger partial charge on any atom is -0.493 e. The van der Waals surface area contributed by atoms with Gasteiger partial charge in [0.25, 0.3) is 0 Å². The number of aliphatic hydroxyl groups excluding tert-OH is 1. The zero-order valence-electron chi connectivity index (χ0n) is 10.2. The van der Waals surface area contributed by atoms with Crippen LogP contribution in [-0.4, -0.2) is 22.0 Å². The Hall–Kier alpha value is -1.81. The second-order valence-corrected chi connectivity index (χ2v) is 4.04. The number of aryl methyl sites for hydroxylation is 2. The molecule has 1 aromatic heterocycles. The molecule has 0 aliphatic carbocycles. The van der Waals surface area contributed by atoms with E-state index in [9.17, 15) is 5.11 Å². The fraction of sp³-hybridized carbons (Fsp3) is 0.308. The first-order valence-corrected chi connectivity index (χ1v) is 5.44. The van der Waals surface area contributed by atoms with Gasteiger partial charge >= 0.3 is 0 Å². The molecule has 0 amide bonds. The lowest BCUT2D eigenvalue weighted by Gasteiger charge is -2.13. The Morgan fingerprint density at radius 3 is 2.82 bits per heavy atom. The van der Waals surface area contributed by atoms with Crippen LogP contribution >= 0.6 is 0 Å². The van der Waals surface area contributed by atoms with Gasteiger partial charge in [-0.25, -0.2) is 0 Å². The van der Waals surface area contributed by atoms with E-state index >= 15 is 0 Å². The molecule has 0 saturated heterocycles. The monoisotopic (exact) mass is 232 g/mol. The molecule has 0 aliphatic heterocycles. The van der Waals surface area contributed by atoms with E-state index in [0.717, 1.165) is 11.1 Å². The number of ether oxygens (including phenoxy) is 1. The van der Waals surface area contributed by atoms with Crippen LogP contribution in [0.4, 0.5) is 0 Å². The minimum absolute atomic E-state index is 0.599. The molecule has 1 heterocycles. The molecule has 17 heavy (non-hydrogen) atoms. The van der Waals surface area contributed by atoms with Crippen LogP contribution in [0.5, 0.6) is 5.75 Å². The zero-order chi connectivity index (χ0) is 12.4. The van der Waals surface area contributed by atoms with Gasteiger partial charge in [0, 0.05) is 7.05 Å². The van der Waals surface area contributed by atoms with Crippen molar-refractivity contribution in [2.24, 2.45) is 7.05 Å². The zero-order valence-corrected chi connectivity index (χ0v) is 10.2. The lowest BCUT2D eigenvalue weighted by molar-refractivity contribution is 0.204. The normalized spacial score (nSPS) is 12.5. The molecule has 0 spiro atoms. The van der Waals surface area contributed by atoms with Gasteiger partial charge in [-0.15, -0.1) is 0 Å². The van der Waals surface area contributed by atoms with Crippen molar-refractivity contribution in [1.29, 1.82) is 0 Å². The summed E-state index contributed by atoms with van der Waals surface area (Å²) in [6, 6.07) is 7.77. The van der Waals surface area contributed by atoms with Crippen molar-refractivity contribution in [3.63, 3.8) is 0 Å². The Bertz CT molecular complexity index is 520. The highest BCUT2D eigenvalue weighted by atomic mass is 16.5. The van der Waals surface area contributed by atoms with Crippen LogP contribution < -0.4 is 4.74 Å². The summed E-state index contributed by atoms with van der Waals surface area (Å²) in [6.45, 7) is 2.00. The predicted molar refractivity (Wildman–Crippen MR) is 65.0 cm³/mol. The molecule has 0 aliphatic rings. The highest BCUT2D eigenvalue weighted by molar-refractivity contribution is 5.35. The molecule has 1 atom stereocenters. The molecule has 2 aromatic rings. The summed E-state index contributed by atoms with van der Waals surface area (Å²) in [5.41, 5.74) is 2.62. The summed E-state index contributed by atoms with van der Waals surface area (Å²) in [4.78, 5) is 0. The number of methoxy groups -OCH3 is 1. The number of hydrogen-bond acceptors (Lipinski definition) is 3. The van der Waals surface area contributed by atoms with Crippen molar-refractivity contribution in [3.05, 3.63) is 47.3 Å². The number of aliphatic hydroxyl groups is 1. The average molecular weight is 232 g/mol. The van der Waals surface area contributed by atoms with E-state index in [1.54, 1.807) is 25.0 Å². The van der Waals surface area contributed by atoms with Crippen molar-refractivity contribution >= 4 is 0 Å². The van der Waals surface area contributed by atoms with E-state index in [2.05, 4.69) is 5.10 Å². The molecule has 1 aromatic carbocycles. The van der Waals surface area contributed by atoms with Crippen LogP contribution in [0.3, 0.4) is 0 Å². The van der Waals surface area contributed by atoms with Gasteiger partial charge in [0.1, 0.15) is 11.8 Å². The third-order valence-electron chi connectivity index (χ3n) is 2.79. The first-order chi connectivity index (χ1) is 8.13. The van der Waals surface area contributed by atoms with E-state index < -0.39 is 6.10 Å². The highest BCUT2D eigenvalue weighted by Crippen LogP contribution is 2.29. The molecule has 4 nitrogen and oxygen atoms in total. The fourth-order valence-electron chi connectivity index (χ4n) is 1.89. The Morgan fingerprint density at radius 1 is 1.41 bits per heavy atom. The number of benzene rings is 1. The van der Waals surface area contributed by atoms with E-state index in [1.807, 2.05) is 31.2 Å². The van der Waals surface area contributed by atoms with Crippen molar-refractivity contribution < 1.29 is 9.84 Å². The van der Waals surface area contributed by atoms with Gasteiger partial charge in [-0.05, 0) is 12.5 Å². The standard InChI is InChI=1S/C13H16N2O2/c1-9-5-4-6-10(7-9)13(16)12-11(17-3)8-14-15(12)2/h4-8,13,16H,1-3H3. The molecule has 0 bridgehead atoms. The van der Waals surface area contributed by atoms with Crippen molar-refractivity contribution in [2.45, 2.75) is 13.0 Å². The van der Waals surface area contributed by atoms with E-state index in [0.29, 0.717) is 11.4 Å². The van der Waals surface area contributed by atoms with Crippen LogP contribution in [0.1, 0.15) is 22.9 Å². The van der Waals surface area contributed by atoms with Crippen LogP contribution in [0, 0.1) is 6.92 Å². The average Bonchev–Trinajstić information content (AvgIpc) is 2.69. The molecule has 0 fully saturated rings. The van der Waals surface area contributed by atoms with Gasteiger partial charge in [-0.1, -0.05) is 29.8 Å². The van der Waals surface area contributed by atoms with Gasteiger partial charge in [-0.3, -0.25) is 4.68 Å². The molecule has 90 valence electrons. The fourth-order valence-corrected chi connectivity index (χ4v) is 1.89. The SMILES string of the molecule is COc1cnn(C)c1C(O)c1cccc(C)c1. The highest BCUT2D eigenvalue weighted by Gasteiger charge is 2.19. The summed E-state index contributed by atoms with van der Waals surface area (Å²) in [5.74, 6) is 0.599. The largest absolute Gasteiger partial charge is 0.493 e. The Balaban J connectivity index is 2.43. The number of hydrogen-bond donors (Lipinski definition) is 1. The first-order valence-electron chi connectivity index (χ1n) is 5.44. The smallest absolute Gasteiger partial charge is 0.162 e. The second kappa shape index (κ2) is 4.59. The van der Waals surface area contributed by atoms with E-state index in [-0.39, 0.29) is 0 Å². The maximum absolute atomic E-state index is 10.4. The lowest BCUT2D eigenvalue weighted by Crippen LogP contribution is -2.08. The third kappa shape index (κ3) is 2.17. The molecule has 1 unspecified atom stereocenters. The minimum atomic E-state index is -0.725. The first kappa shape index (κ1) is 11.7. The Labute approximate surface area is 100 Å². The van der Waals surface area contributed by atoms with Gasteiger partial charge in [0.15, 0.2) is 5.75 Å². The molecule has 1 N–H and O–H groups in total. The van der Waals surface area contributed by atoms with E-state index in [4.69, 9.17) is 4.74 Å². The van der Waals surface area contributed by atoms with E-state index in [1.165, 1.54) is 0 Å². The van der Waals surface area contributed by atoms with Crippen LogP contribution in [-0.2, 0) is 7.05 Å². The van der Waals surface area contributed by atoms with Gasteiger partial charge in [-0.2, -0.15) is 5.10 Å². The van der Waals surface area contributed by atoms with Gasteiger partial charge < -0.3 is 9.84 Å². The molecular formula is C13H16N2O2. The van der Waals surface area contributed by atoms with Crippen LogP contribution in [0.15, 0.2) is 30.5 Å². The summed E-state index contributed by atoms with van der Waals surface area (Å²) in [6.07, 6.45) is 0.881. The van der Waals surface area contributed by atoms with Crippen molar-refractivity contribution in [1.82, 2.24) is 9.78 Å². The number of nitrogens with zero attached hydrogens (tertiary/aromatic N) is 2. The topological polar surface area (TPSA) is 47.3 Å². The molecule has 0 radical (unpaired) electrons. The summed E-state index contributed by atoms with van der Waals surface area (Å²) in [7, 11) is 3.36. The summed E-state index contributed by atoms with van der Waals surface area (Å²) in [5, 5.41) is 14.4. The Morgan fingerprint density at radius 2 is 2.18 bits per heavy atom. The van der Waals surface area contributed by atoms with Crippen LogP contribution in [0.2, 0.25) is 0 Å². The van der Waals surface area contributed by atoms with Gasteiger partial charge in [0.2, 0.25) is 0 Å². The molecule has 0 saturated carbocycles. The molecule has 4 heteroatoms. The van der Waals surface area contributed by atoms with Gasteiger partial charge in [0.05, 0.1) is 13.3 Å². The van der Waals surface area contributed by atoms with Crippen molar-refractivity contribution in [3.8, 4) is 5.75 Å². The quantitative estimate of drug-likeness (QED) is 0.878. The lowest BCUT2D eigenvalue weighted by atomic mass is 10.0. The second-order valence-electron chi connectivity index (χ2n) is 4.04. The van der Waals surface area contributed by atoms with Crippen molar-refractivity contribution in [2.75, 3.05) is 7.11 Å². The summed E-state index contributed by atoms with van der Waals surface area (Å²) < 4.78 is 6.83. The summed E-state index contributed by atoms with van der Waals surface area (Å²) >= 11 is 0. The number of rotatable bonds is 3. The molecular weight excluding hydrogens is 216 g/mol.